The molecule has 0 radical (unpaired) electrons. The Balaban J connectivity index is -0.000000562. The fraction of sp³-hybridized carbons (Fsp3) is 0. The lowest BCUT2D eigenvalue weighted by molar-refractivity contribution is 1.15. The molecule has 0 fully saturated rings. The van der Waals surface area contributed by atoms with Crippen molar-refractivity contribution in [1.29, 1.82) is 0 Å². The second-order valence-electron chi connectivity index (χ2n) is 2.26. The predicted octanol–water partition coefficient (Wildman–Crippen LogP) is 4.72. The van der Waals surface area contributed by atoms with Crippen LogP contribution in [-0.4, -0.2) is 19.9 Å². The van der Waals surface area contributed by atoms with Gasteiger partial charge in [0, 0.05) is 0 Å². The first-order valence-corrected chi connectivity index (χ1v) is 4.81. The SMILES string of the molecule is Cl.Cl.Cl.Cl.Clc1nc(Cl)c2nc(Cl)nc(Cl)c2n1. The van der Waals surface area contributed by atoms with Crippen molar-refractivity contribution in [3.05, 3.63) is 20.9 Å². The van der Waals surface area contributed by atoms with Crippen molar-refractivity contribution in [2.45, 2.75) is 0 Å². The minimum atomic E-state index is -0.0182. The molecule has 0 saturated carbocycles. The van der Waals surface area contributed by atoms with Gasteiger partial charge < -0.3 is 0 Å². The lowest BCUT2D eigenvalue weighted by atomic mass is 10.4. The summed E-state index contributed by atoms with van der Waals surface area (Å²) in [6.07, 6.45) is 0. The van der Waals surface area contributed by atoms with Gasteiger partial charge in [-0.1, -0.05) is 23.2 Å². The second kappa shape index (κ2) is 9.61. The lowest BCUT2D eigenvalue weighted by Crippen LogP contribution is -1.93. The Morgan fingerprint density at radius 3 is 1.06 bits per heavy atom. The Hall–Kier alpha value is 0.740. The monoisotopic (exact) mass is 412 g/mol. The first-order chi connectivity index (χ1) is 6.58. The van der Waals surface area contributed by atoms with Crippen LogP contribution in [0.2, 0.25) is 20.9 Å². The zero-order chi connectivity index (χ0) is 10.3. The maximum absolute atomic E-state index is 5.76. The van der Waals surface area contributed by atoms with E-state index in [0.717, 1.165) is 0 Å². The minimum absolute atomic E-state index is 0. The molecule has 4 nitrogen and oxygen atoms in total. The molecule has 2 rings (SSSR count). The van der Waals surface area contributed by atoms with Crippen molar-refractivity contribution in [2.24, 2.45) is 0 Å². The van der Waals surface area contributed by atoms with Gasteiger partial charge >= 0.3 is 0 Å². The molecule has 104 valence electrons. The van der Waals surface area contributed by atoms with Crippen LogP contribution in [0.4, 0.5) is 0 Å². The summed E-state index contributed by atoms with van der Waals surface area (Å²) in [4.78, 5) is 15.1. The Labute approximate surface area is 147 Å². The van der Waals surface area contributed by atoms with E-state index >= 15 is 0 Å². The highest BCUT2D eigenvalue weighted by Gasteiger charge is 2.11. The zero-order valence-electron chi connectivity index (χ0n) is 7.93. The highest BCUT2D eigenvalue weighted by molar-refractivity contribution is 6.39. The zero-order valence-corrected chi connectivity index (χ0v) is 14.2. The fourth-order valence-electron chi connectivity index (χ4n) is 0.896. The molecule has 0 aliphatic heterocycles. The van der Waals surface area contributed by atoms with E-state index in [1.807, 2.05) is 0 Å². The number of nitrogens with zero attached hydrogens (tertiary/aromatic N) is 4. The van der Waals surface area contributed by atoms with Crippen LogP contribution in [0.1, 0.15) is 0 Å². The van der Waals surface area contributed by atoms with Crippen LogP contribution in [0.5, 0.6) is 0 Å². The van der Waals surface area contributed by atoms with Crippen molar-refractivity contribution < 1.29 is 0 Å². The molecule has 0 amide bonds. The smallest absolute Gasteiger partial charge is 0.213 e. The van der Waals surface area contributed by atoms with E-state index in [2.05, 4.69) is 19.9 Å². The van der Waals surface area contributed by atoms with Gasteiger partial charge in [-0.25, -0.2) is 19.9 Å². The quantitative estimate of drug-likeness (QED) is 0.461. The molecule has 0 saturated heterocycles. The normalized spacial score (nSPS) is 8.44. The van der Waals surface area contributed by atoms with Gasteiger partial charge in [-0.2, -0.15) is 0 Å². The summed E-state index contributed by atoms with van der Waals surface area (Å²) in [6, 6.07) is 0. The number of aromatic nitrogens is 4. The van der Waals surface area contributed by atoms with Crippen LogP contribution in [0.25, 0.3) is 11.0 Å². The van der Waals surface area contributed by atoms with Gasteiger partial charge in [-0.3, -0.25) is 0 Å². The predicted molar refractivity (Wildman–Crippen MR) is 84.2 cm³/mol. The number of halogens is 8. The molecule has 12 heteroatoms. The van der Waals surface area contributed by atoms with Crippen LogP contribution < -0.4 is 0 Å². The van der Waals surface area contributed by atoms with E-state index in [-0.39, 0.29) is 81.5 Å². The third kappa shape index (κ3) is 5.02. The average molecular weight is 416 g/mol. The van der Waals surface area contributed by atoms with E-state index in [1.54, 1.807) is 0 Å². The molecule has 18 heavy (non-hydrogen) atoms. The molecule has 2 heterocycles. The molecule has 0 aromatic carbocycles. The summed E-state index contributed by atoms with van der Waals surface area (Å²) >= 11 is 22.7. The molecule has 2 aromatic heterocycles. The summed E-state index contributed by atoms with van der Waals surface area (Å²) in [5.74, 6) is 0. The molecular weight excluding hydrogens is 412 g/mol. The summed E-state index contributed by atoms with van der Waals surface area (Å²) in [5, 5.41) is 0.142. The Morgan fingerprint density at radius 1 is 0.500 bits per heavy atom. The van der Waals surface area contributed by atoms with E-state index < -0.39 is 0 Å². The highest BCUT2D eigenvalue weighted by Crippen LogP contribution is 2.25. The van der Waals surface area contributed by atoms with Crippen molar-refractivity contribution in [1.82, 2.24) is 19.9 Å². The van der Waals surface area contributed by atoms with Crippen molar-refractivity contribution in [3.8, 4) is 0 Å². The molecule has 0 spiro atoms. The van der Waals surface area contributed by atoms with Gasteiger partial charge in [0.15, 0.2) is 10.3 Å². The topological polar surface area (TPSA) is 51.6 Å². The minimum Gasteiger partial charge on any atom is -0.213 e. The van der Waals surface area contributed by atoms with Crippen LogP contribution in [0.3, 0.4) is 0 Å². The van der Waals surface area contributed by atoms with Crippen LogP contribution in [0, 0.1) is 0 Å². The van der Waals surface area contributed by atoms with Crippen molar-refractivity contribution in [2.75, 3.05) is 0 Å². The van der Waals surface area contributed by atoms with Crippen LogP contribution in [-0.2, 0) is 0 Å². The van der Waals surface area contributed by atoms with Gasteiger partial charge in [-0.05, 0) is 23.2 Å². The third-order valence-corrected chi connectivity index (χ3v) is 2.27. The van der Waals surface area contributed by atoms with Crippen LogP contribution in [0.15, 0.2) is 0 Å². The van der Waals surface area contributed by atoms with E-state index in [9.17, 15) is 0 Å². The summed E-state index contributed by atoms with van der Waals surface area (Å²) in [6.45, 7) is 0. The van der Waals surface area contributed by atoms with E-state index in [0.29, 0.717) is 0 Å². The van der Waals surface area contributed by atoms with Crippen LogP contribution >= 0.6 is 96.0 Å². The number of fused-ring (bicyclic) bond motifs is 1. The van der Waals surface area contributed by atoms with E-state index in [4.69, 9.17) is 46.4 Å². The fourth-order valence-corrected chi connectivity index (χ4v) is 1.74. The van der Waals surface area contributed by atoms with Gasteiger partial charge in [-0.15, -0.1) is 49.6 Å². The van der Waals surface area contributed by atoms with Gasteiger partial charge in [0.1, 0.15) is 11.0 Å². The molecule has 0 unspecified atom stereocenters. The average Bonchev–Trinajstić information content (AvgIpc) is 2.07. The van der Waals surface area contributed by atoms with Crippen molar-refractivity contribution in [3.63, 3.8) is 0 Å². The Kier molecular flexibility index (Phi) is 12.7. The summed E-state index contributed by atoms with van der Waals surface area (Å²) in [7, 11) is 0. The first-order valence-electron chi connectivity index (χ1n) is 3.29. The molecule has 0 N–H and O–H groups in total. The maximum atomic E-state index is 5.76. The molecule has 0 bridgehead atoms. The lowest BCUT2D eigenvalue weighted by Gasteiger charge is -2.00. The van der Waals surface area contributed by atoms with Gasteiger partial charge in [0.25, 0.3) is 0 Å². The first kappa shape index (κ1) is 23.8. The molecule has 0 atom stereocenters. The Morgan fingerprint density at radius 2 is 0.778 bits per heavy atom. The van der Waals surface area contributed by atoms with Crippen molar-refractivity contribution >= 4 is 107 Å². The van der Waals surface area contributed by atoms with Gasteiger partial charge in [0.2, 0.25) is 10.6 Å². The molecule has 0 aliphatic rings. The molecule has 2 aromatic rings. The number of rotatable bonds is 0. The molecule has 0 aliphatic carbocycles. The standard InChI is InChI=1S/C6Cl4N4.4ClH/c7-3-1-2(12-6(10)13-3)4(8)14-5(9)11-1;;;;/h;4*1H. The maximum Gasteiger partial charge on any atom is 0.224 e. The molecular formula is C6H4Cl8N4. The number of hydrogen-bond acceptors (Lipinski definition) is 4. The summed E-state index contributed by atoms with van der Waals surface area (Å²) in [5.41, 5.74) is 0.558. The number of hydrogen-bond donors (Lipinski definition) is 0. The third-order valence-electron chi connectivity index (χ3n) is 1.40. The Bertz CT molecular complexity index is 473. The largest absolute Gasteiger partial charge is 0.224 e. The van der Waals surface area contributed by atoms with Gasteiger partial charge in [0.05, 0.1) is 0 Å². The summed E-state index contributed by atoms with van der Waals surface area (Å²) < 4.78 is 0. The second-order valence-corrected chi connectivity index (χ2v) is 3.66. The highest BCUT2D eigenvalue weighted by atomic mass is 35.5. The van der Waals surface area contributed by atoms with E-state index in [1.165, 1.54) is 0 Å².